The van der Waals surface area contributed by atoms with Crippen molar-refractivity contribution in [3.05, 3.63) is 95.6 Å². The summed E-state index contributed by atoms with van der Waals surface area (Å²) in [5, 5.41) is 11.7. The Morgan fingerprint density at radius 1 is 0.743 bits per heavy atom. The van der Waals surface area contributed by atoms with Crippen LogP contribution in [0.2, 0.25) is 0 Å². The molecule has 0 bridgehead atoms. The van der Waals surface area contributed by atoms with Crippen molar-refractivity contribution < 1.29 is 14.4 Å². The lowest BCUT2D eigenvalue weighted by Gasteiger charge is -2.20. The van der Waals surface area contributed by atoms with Gasteiger partial charge in [0.15, 0.2) is 0 Å². The maximum atomic E-state index is 12.5. The summed E-state index contributed by atoms with van der Waals surface area (Å²) < 4.78 is 0. The zero-order valence-electron chi connectivity index (χ0n) is 20.5. The molecule has 7 nitrogen and oxygen atoms in total. The Morgan fingerprint density at radius 3 is 1.86 bits per heavy atom. The van der Waals surface area contributed by atoms with Gasteiger partial charge in [-0.2, -0.15) is 0 Å². The molecule has 0 aliphatic carbocycles. The monoisotopic (exact) mass is 472 g/mol. The van der Waals surface area contributed by atoms with Crippen molar-refractivity contribution >= 4 is 29.1 Å². The van der Waals surface area contributed by atoms with Gasteiger partial charge >= 0.3 is 0 Å². The fraction of sp³-hybridized carbons (Fsp3) is 0.250. The first-order chi connectivity index (χ1) is 16.6. The lowest BCUT2D eigenvalue weighted by atomic mass is 10.1. The lowest BCUT2D eigenvalue weighted by Crippen LogP contribution is -2.40. The average molecular weight is 473 g/mol. The number of hydrogen-bond acceptors (Lipinski definition) is 4. The number of anilines is 2. The molecular weight excluding hydrogens is 440 g/mol. The molecular formula is C28H32N4O3. The highest BCUT2D eigenvalue weighted by Gasteiger charge is 2.15. The second-order valence-electron chi connectivity index (χ2n) is 9.37. The molecule has 7 heteroatoms. The van der Waals surface area contributed by atoms with Gasteiger partial charge in [-0.3, -0.25) is 14.4 Å². The van der Waals surface area contributed by atoms with Gasteiger partial charge in [-0.1, -0.05) is 30.3 Å². The topological polar surface area (TPSA) is 99.3 Å². The van der Waals surface area contributed by atoms with Crippen LogP contribution in [0.4, 0.5) is 11.4 Å². The molecule has 0 aliphatic heterocycles. The zero-order chi connectivity index (χ0) is 25.4. The molecule has 182 valence electrons. The predicted octanol–water partition coefficient (Wildman–Crippen LogP) is 4.76. The fourth-order valence-electron chi connectivity index (χ4n) is 3.35. The summed E-state index contributed by atoms with van der Waals surface area (Å²) in [7, 11) is 0. The van der Waals surface area contributed by atoms with Crippen molar-refractivity contribution in [2.24, 2.45) is 0 Å². The molecule has 0 aliphatic rings. The van der Waals surface area contributed by atoms with E-state index in [1.807, 2.05) is 58.0 Å². The predicted molar refractivity (Wildman–Crippen MR) is 140 cm³/mol. The number of carbonyl (C=O) groups excluding carboxylic acids is 3. The molecule has 35 heavy (non-hydrogen) atoms. The highest BCUT2D eigenvalue weighted by molar-refractivity contribution is 5.97. The molecule has 4 N–H and O–H groups in total. The van der Waals surface area contributed by atoms with Crippen LogP contribution >= 0.6 is 0 Å². The average Bonchev–Trinajstić information content (AvgIpc) is 2.83. The van der Waals surface area contributed by atoms with Crippen LogP contribution in [-0.4, -0.2) is 29.8 Å². The molecule has 0 spiro atoms. The van der Waals surface area contributed by atoms with E-state index < -0.39 is 0 Å². The van der Waals surface area contributed by atoms with Crippen molar-refractivity contribution in [2.75, 3.05) is 17.2 Å². The molecule has 0 fully saturated rings. The molecule has 0 saturated heterocycles. The van der Waals surface area contributed by atoms with Gasteiger partial charge in [0.2, 0.25) is 5.91 Å². The molecule has 0 aromatic heterocycles. The molecule has 0 saturated carbocycles. The summed E-state index contributed by atoms with van der Waals surface area (Å²) in [6.45, 7) is 7.77. The molecule has 3 aromatic carbocycles. The minimum Gasteiger partial charge on any atom is -0.376 e. The number of amides is 3. The molecule has 1 atom stereocenters. The molecule has 0 radical (unpaired) electrons. The SMILES string of the molecule is CC(NC(=O)c1ccc(NC(=O)CNc2ccc(C(=O)NC(C)(C)C)cc2)cc1)c1ccccc1. The van der Waals surface area contributed by atoms with Gasteiger partial charge in [0.05, 0.1) is 12.6 Å². The second kappa shape index (κ2) is 11.3. The summed E-state index contributed by atoms with van der Waals surface area (Å²) in [6, 6.07) is 23.3. The Morgan fingerprint density at radius 2 is 1.29 bits per heavy atom. The summed E-state index contributed by atoms with van der Waals surface area (Å²) in [5.74, 6) is -0.552. The maximum Gasteiger partial charge on any atom is 0.251 e. The van der Waals surface area contributed by atoms with E-state index in [0.29, 0.717) is 16.8 Å². The van der Waals surface area contributed by atoms with Gasteiger partial charge in [0.25, 0.3) is 11.8 Å². The van der Waals surface area contributed by atoms with E-state index in [1.165, 1.54) is 0 Å². The molecule has 3 rings (SSSR count). The van der Waals surface area contributed by atoms with Gasteiger partial charge in [-0.25, -0.2) is 0 Å². The first-order valence-electron chi connectivity index (χ1n) is 11.5. The number of hydrogen-bond donors (Lipinski definition) is 4. The van der Waals surface area contributed by atoms with Crippen molar-refractivity contribution in [1.29, 1.82) is 0 Å². The van der Waals surface area contributed by atoms with Gasteiger partial charge in [-0.05, 0) is 81.8 Å². The van der Waals surface area contributed by atoms with Crippen LogP contribution in [-0.2, 0) is 4.79 Å². The van der Waals surface area contributed by atoms with E-state index in [-0.39, 0.29) is 35.8 Å². The van der Waals surface area contributed by atoms with Crippen LogP contribution in [0.25, 0.3) is 0 Å². The Bertz CT molecular complexity index is 1150. The standard InChI is InChI=1S/C28H32N4O3/c1-19(20-8-6-5-7-9-20)30-26(34)21-12-16-24(17-13-21)31-25(33)18-29-23-14-10-22(11-15-23)27(35)32-28(2,3)4/h5-17,19,29H,18H2,1-4H3,(H,30,34)(H,31,33)(H,32,35). The minimum absolute atomic E-state index is 0.0599. The van der Waals surface area contributed by atoms with Crippen molar-refractivity contribution in [2.45, 2.75) is 39.3 Å². The van der Waals surface area contributed by atoms with E-state index in [4.69, 9.17) is 0 Å². The van der Waals surface area contributed by atoms with Crippen LogP contribution < -0.4 is 21.3 Å². The van der Waals surface area contributed by atoms with E-state index in [9.17, 15) is 14.4 Å². The smallest absolute Gasteiger partial charge is 0.251 e. The van der Waals surface area contributed by atoms with Crippen LogP contribution in [0.5, 0.6) is 0 Å². The van der Waals surface area contributed by atoms with Crippen LogP contribution in [0.1, 0.15) is 60.0 Å². The Labute approximate surface area is 206 Å². The highest BCUT2D eigenvalue weighted by atomic mass is 16.2. The fourth-order valence-corrected chi connectivity index (χ4v) is 3.35. The summed E-state index contributed by atoms with van der Waals surface area (Å²) in [4.78, 5) is 37.0. The number of carbonyl (C=O) groups is 3. The van der Waals surface area contributed by atoms with Crippen molar-refractivity contribution in [3.63, 3.8) is 0 Å². The van der Waals surface area contributed by atoms with E-state index >= 15 is 0 Å². The minimum atomic E-state index is -0.311. The Kier molecular flexibility index (Phi) is 8.25. The van der Waals surface area contributed by atoms with Crippen LogP contribution in [0.3, 0.4) is 0 Å². The van der Waals surface area contributed by atoms with Gasteiger partial charge in [-0.15, -0.1) is 0 Å². The van der Waals surface area contributed by atoms with Crippen molar-refractivity contribution in [1.82, 2.24) is 10.6 Å². The van der Waals surface area contributed by atoms with E-state index in [0.717, 1.165) is 11.3 Å². The number of nitrogens with one attached hydrogen (secondary N) is 4. The third-order valence-corrected chi connectivity index (χ3v) is 5.17. The third kappa shape index (κ3) is 7.99. The first-order valence-corrected chi connectivity index (χ1v) is 11.5. The first kappa shape index (κ1) is 25.5. The lowest BCUT2D eigenvalue weighted by molar-refractivity contribution is -0.114. The van der Waals surface area contributed by atoms with E-state index in [2.05, 4.69) is 21.3 Å². The van der Waals surface area contributed by atoms with Crippen LogP contribution in [0.15, 0.2) is 78.9 Å². The highest BCUT2D eigenvalue weighted by Crippen LogP contribution is 2.15. The number of benzene rings is 3. The zero-order valence-corrected chi connectivity index (χ0v) is 20.5. The van der Waals surface area contributed by atoms with Crippen molar-refractivity contribution in [3.8, 4) is 0 Å². The quantitative estimate of drug-likeness (QED) is 0.380. The summed E-state index contributed by atoms with van der Waals surface area (Å²) in [5.41, 5.74) is 3.11. The van der Waals surface area contributed by atoms with Crippen LogP contribution in [0, 0.1) is 0 Å². The maximum absolute atomic E-state index is 12.5. The summed E-state index contributed by atoms with van der Waals surface area (Å²) in [6.07, 6.45) is 0. The normalized spacial score (nSPS) is 11.8. The Hall–Kier alpha value is -4.13. The Balaban J connectivity index is 1.47. The molecule has 1 unspecified atom stereocenters. The third-order valence-electron chi connectivity index (χ3n) is 5.17. The van der Waals surface area contributed by atoms with Gasteiger partial charge < -0.3 is 21.3 Å². The molecule has 3 aromatic rings. The number of rotatable bonds is 8. The summed E-state index contributed by atoms with van der Waals surface area (Å²) >= 11 is 0. The van der Waals surface area contributed by atoms with Gasteiger partial charge in [0, 0.05) is 28.0 Å². The largest absolute Gasteiger partial charge is 0.376 e. The second-order valence-corrected chi connectivity index (χ2v) is 9.37. The van der Waals surface area contributed by atoms with Gasteiger partial charge in [0.1, 0.15) is 0 Å². The molecule has 0 heterocycles. The van der Waals surface area contributed by atoms with E-state index in [1.54, 1.807) is 48.5 Å². The molecule has 3 amide bonds.